The average Bonchev–Trinajstić information content (AvgIpc) is 2.76. The van der Waals surface area contributed by atoms with Crippen LogP contribution >= 0.6 is 10.7 Å². The van der Waals surface area contributed by atoms with E-state index in [0.717, 1.165) is 19.3 Å². The lowest BCUT2D eigenvalue weighted by molar-refractivity contribution is 0.0933. The zero-order valence-corrected chi connectivity index (χ0v) is 13.5. The molecule has 1 atom stereocenters. The highest BCUT2D eigenvalue weighted by atomic mass is 35.7. The summed E-state index contributed by atoms with van der Waals surface area (Å²) in [5.74, 6) is 0.325. The molecule has 1 unspecified atom stereocenters. The van der Waals surface area contributed by atoms with Gasteiger partial charge in [0.2, 0.25) is 0 Å². The van der Waals surface area contributed by atoms with Gasteiger partial charge in [-0.1, -0.05) is 26.7 Å². The summed E-state index contributed by atoms with van der Waals surface area (Å²) in [6.07, 6.45) is 4.27. The first kappa shape index (κ1) is 17.0. The smallest absolute Gasteiger partial charge is 0.267 e. The maximum atomic E-state index is 11.9. The third kappa shape index (κ3) is 5.54. The Morgan fingerprint density at radius 3 is 2.50 bits per heavy atom. The van der Waals surface area contributed by atoms with Crippen LogP contribution in [0.1, 0.15) is 50.5 Å². The van der Waals surface area contributed by atoms with E-state index in [1.165, 1.54) is 12.3 Å². The van der Waals surface area contributed by atoms with Crippen LogP contribution in [0.5, 0.6) is 0 Å². The Bertz CT molecular complexity index is 552. The van der Waals surface area contributed by atoms with Gasteiger partial charge in [0.15, 0.2) is 0 Å². The Kier molecular flexibility index (Phi) is 6.07. The summed E-state index contributed by atoms with van der Waals surface area (Å²) in [5, 5.41) is 2.83. The molecule has 1 aromatic heterocycles. The molecule has 1 amide bonds. The quantitative estimate of drug-likeness (QED) is 0.758. The minimum absolute atomic E-state index is 0.0422. The zero-order valence-electron chi connectivity index (χ0n) is 11.9. The van der Waals surface area contributed by atoms with E-state index in [9.17, 15) is 13.2 Å². The SMILES string of the molecule is CC(C)CCCC(C)NC(=O)c1cc(S(=O)(=O)Cl)c[nH]1. The van der Waals surface area contributed by atoms with E-state index < -0.39 is 9.05 Å². The van der Waals surface area contributed by atoms with Crippen molar-refractivity contribution in [2.45, 2.75) is 51.0 Å². The summed E-state index contributed by atoms with van der Waals surface area (Å²) in [5.41, 5.74) is 0.194. The third-order valence-electron chi connectivity index (χ3n) is 2.98. The van der Waals surface area contributed by atoms with Gasteiger partial charge in [0.05, 0.1) is 0 Å². The maximum absolute atomic E-state index is 11.9. The first-order chi connectivity index (χ1) is 9.20. The Morgan fingerprint density at radius 1 is 1.35 bits per heavy atom. The summed E-state index contributed by atoms with van der Waals surface area (Å²) < 4.78 is 22.2. The van der Waals surface area contributed by atoms with Crippen LogP contribution in [-0.4, -0.2) is 25.4 Å². The van der Waals surface area contributed by atoms with Gasteiger partial charge in [-0.2, -0.15) is 0 Å². The van der Waals surface area contributed by atoms with Crippen LogP contribution < -0.4 is 5.32 Å². The monoisotopic (exact) mass is 320 g/mol. The Labute approximate surface area is 124 Å². The predicted molar refractivity (Wildman–Crippen MR) is 79.4 cm³/mol. The molecule has 20 heavy (non-hydrogen) atoms. The van der Waals surface area contributed by atoms with Gasteiger partial charge in [-0.15, -0.1) is 0 Å². The fourth-order valence-corrected chi connectivity index (χ4v) is 2.58. The maximum Gasteiger partial charge on any atom is 0.267 e. The van der Waals surface area contributed by atoms with Crippen LogP contribution in [0.25, 0.3) is 0 Å². The fourth-order valence-electron chi connectivity index (χ4n) is 1.85. The van der Waals surface area contributed by atoms with Crippen molar-refractivity contribution >= 4 is 25.6 Å². The van der Waals surface area contributed by atoms with Crippen molar-refractivity contribution in [2.24, 2.45) is 5.92 Å². The number of carbonyl (C=O) groups excluding carboxylic acids is 1. The van der Waals surface area contributed by atoms with Crippen molar-refractivity contribution in [3.63, 3.8) is 0 Å². The Hall–Kier alpha value is -1.01. The highest BCUT2D eigenvalue weighted by molar-refractivity contribution is 8.13. The first-order valence-corrected chi connectivity index (χ1v) is 8.95. The van der Waals surface area contributed by atoms with Crippen LogP contribution in [0.15, 0.2) is 17.2 Å². The molecule has 0 saturated heterocycles. The molecule has 0 aliphatic carbocycles. The molecule has 1 aromatic rings. The lowest BCUT2D eigenvalue weighted by Gasteiger charge is -2.13. The van der Waals surface area contributed by atoms with Gasteiger partial charge in [-0.05, 0) is 25.3 Å². The highest BCUT2D eigenvalue weighted by Gasteiger charge is 2.17. The number of nitrogens with one attached hydrogen (secondary N) is 2. The van der Waals surface area contributed by atoms with Gasteiger partial charge in [0.25, 0.3) is 15.0 Å². The minimum atomic E-state index is -3.81. The molecule has 2 N–H and O–H groups in total. The number of aromatic amines is 1. The van der Waals surface area contributed by atoms with Crippen molar-refractivity contribution in [3.05, 3.63) is 18.0 Å². The summed E-state index contributed by atoms with van der Waals surface area (Å²) in [6.45, 7) is 6.26. The largest absolute Gasteiger partial charge is 0.356 e. The normalized spacial score (nSPS) is 13.4. The van der Waals surface area contributed by atoms with Gasteiger partial charge >= 0.3 is 0 Å². The van der Waals surface area contributed by atoms with Crippen molar-refractivity contribution in [1.82, 2.24) is 10.3 Å². The minimum Gasteiger partial charge on any atom is -0.356 e. The predicted octanol–water partition coefficient (Wildman–Crippen LogP) is 2.89. The standard InChI is InChI=1S/C13H21ClN2O3S/c1-9(2)5-4-6-10(3)16-13(17)12-7-11(8-15-12)20(14,18)19/h7-10,15H,4-6H2,1-3H3,(H,16,17). The second kappa shape index (κ2) is 7.13. The van der Waals surface area contributed by atoms with Crippen LogP contribution in [0.4, 0.5) is 0 Å². The number of carbonyl (C=O) groups is 1. The van der Waals surface area contributed by atoms with Crippen molar-refractivity contribution < 1.29 is 13.2 Å². The molecule has 0 spiro atoms. The van der Waals surface area contributed by atoms with Gasteiger partial charge in [-0.3, -0.25) is 4.79 Å². The Balaban J connectivity index is 2.52. The van der Waals surface area contributed by atoms with E-state index in [1.54, 1.807) is 0 Å². The number of aromatic nitrogens is 1. The summed E-state index contributed by atoms with van der Waals surface area (Å²) >= 11 is 0. The molecular formula is C13H21ClN2O3S. The van der Waals surface area contributed by atoms with E-state index in [1.807, 2.05) is 6.92 Å². The summed E-state index contributed by atoms with van der Waals surface area (Å²) in [6, 6.07) is 1.28. The van der Waals surface area contributed by atoms with E-state index in [0.29, 0.717) is 5.92 Å². The van der Waals surface area contributed by atoms with E-state index >= 15 is 0 Å². The molecule has 0 aromatic carbocycles. The van der Waals surface area contributed by atoms with Crippen LogP contribution in [-0.2, 0) is 9.05 Å². The number of amides is 1. The van der Waals surface area contributed by atoms with E-state index in [2.05, 4.69) is 24.1 Å². The summed E-state index contributed by atoms with van der Waals surface area (Å²) in [4.78, 5) is 14.4. The first-order valence-electron chi connectivity index (χ1n) is 6.64. The zero-order chi connectivity index (χ0) is 15.3. The lowest BCUT2D eigenvalue weighted by Crippen LogP contribution is -2.32. The molecule has 0 saturated carbocycles. The molecule has 0 aliphatic rings. The van der Waals surface area contributed by atoms with Crippen molar-refractivity contribution in [1.29, 1.82) is 0 Å². The topological polar surface area (TPSA) is 79.0 Å². The molecule has 1 heterocycles. The lowest BCUT2D eigenvalue weighted by atomic mass is 10.0. The number of hydrogen-bond acceptors (Lipinski definition) is 3. The Morgan fingerprint density at radius 2 is 2.00 bits per heavy atom. The molecule has 0 bridgehead atoms. The average molecular weight is 321 g/mol. The van der Waals surface area contributed by atoms with Gasteiger partial charge in [0, 0.05) is 22.9 Å². The van der Waals surface area contributed by atoms with Crippen LogP contribution in [0, 0.1) is 5.92 Å². The number of halogens is 1. The van der Waals surface area contributed by atoms with Crippen molar-refractivity contribution in [2.75, 3.05) is 0 Å². The second-order valence-electron chi connectivity index (χ2n) is 5.39. The number of rotatable bonds is 7. The third-order valence-corrected chi connectivity index (χ3v) is 4.31. The van der Waals surface area contributed by atoms with E-state index in [-0.39, 0.29) is 22.5 Å². The molecule has 0 fully saturated rings. The highest BCUT2D eigenvalue weighted by Crippen LogP contribution is 2.16. The molecule has 0 aliphatic heterocycles. The van der Waals surface area contributed by atoms with E-state index in [4.69, 9.17) is 10.7 Å². The van der Waals surface area contributed by atoms with Gasteiger partial charge < -0.3 is 10.3 Å². The van der Waals surface area contributed by atoms with Gasteiger partial charge in [0.1, 0.15) is 10.6 Å². The second-order valence-corrected chi connectivity index (χ2v) is 7.95. The summed E-state index contributed by atoms with van der Waals surface area (Å²) in [7, 11) is 1.39. The number of hydrogen-bond donors (Lipinski definition) is 2. The van der Waals surface area contributed by atoms with Crippen LogP contribution in [0.2, 0.25) is 0 Å². The van der Waals surface area contributed by atoms with Crippen LogP contribution in [0.3, 0.4) is 0 Å². The number of H-pyrrole nitrogens is 1. The molecule has 114 valence electrons. The fraction of sp³-hybridized carbons (Fsp3) is 0.615. The molecule has 5 nitrogen and oxygen atoms in total. The molecule has 0 radical (unpaired) electrons. The molecular weight excluding hydrogens is 300 g/mol. The molecule has 1 rings (SSSR count). The molecule has 7 heteroatoms. The van der Waals surface area contributed by atoms with Crippen molar-refractivity contribution in [3.8, 4) is 0 Å². The van der Waals surface area contributed by atoms with Gasteiger partial charge in [-0.25, -0.2) is 8.42 Å².